The lowest BCUT2D eigenvalue weighted by Gasteiger charge is -2.13. The van der Waals surface area contributed by atoms with E-state index in [4.69, 9.17) is 17.3 Å². The van der Waals surface area contributed by atoms with Crippen molar-refractivity contribution >= 4 is 11.6 Å². The summed E-state index contributed by atoms with van der Waals surface area (Å²) in [6.07, 6.45) is 3.14. The third-order valence-corrected chi connectivity index (χ3v) is 3.58. The van der Waals surface area contributed by atoms with Crippen molar-refractivity contribution in [2.24, 2.45) is 11.7 Å². The van der Waals surface area contributed by atoms with E-state index in [1.165, 1.54) is 11.1 Å². The van der Waals surface area contributed by atoms with Crippen LogP contribution >= 0.6 is 11.6 Å². The van der Waals surface area contributed by atoms with Gasteiger partial charge >= 0.3 is 0 Å². The minimum atomic E-state index is 0.169. The molecule has 1 aromatic heterocycles. The van der Waals surface area contributed by atoms with Gasteiger partial charge in [0.05, 0.1) is 0 Å². The number of aromatic nitrogens is 1. The van der Waals surface area contributed by atoms with E-state index in [9.17, 15) is 0 Å². The van der Waals surface area contributed by atoms with E-state index in [0.29, 0.717) is 12.0 Å². The normalized spacial score (nSPS) is 25.9. The van der Waals surface area contributed by atoms with Gasteiger partial charge in [-0.15, -0.1) is 0 Å². The first-order valence-electron chi connectivity index (χ1n) is 5.17. The van der Waals surface area contributed by atoms with Crippen molar-refractivity contribution < 1.29 is 0 Å². The van der Waals surface area contributed by atoms with Gasteiger partial charge < -0.3 is 10.3 Å². The van der Waals surface area contributed by atoms with Gasteiger partial charge in [0.1, 0.15) is 5.15 Å². The predicted molar refractivity (Wildman–Crippen MR) is 59.6 cm³/mol. The molecular weight excluding hydrogens is 196 g/mol. The van der Waals surface area contributed by atoms with Crippen LogP contribution in [0.5, 0.6) is 0 Å². The quantitative estimate of drug-likeness (QED) is 0.763. The number of nitrogens with two attached hydrogens (primary N) is 1. The van der Waals surface area contributed by atoms with Gasteiger partial charge in [0.2, 0.25) is 0 Å². The fourth-order valence-electron chi connectivity index (χ4n) is 2.18. The van der Waals surface area contributed by atoms with Crippen LogP contribution in [0.4, 0.5) is 0 Å². The topological polar surface area (TPSA) is 30.9 Å². The highest BCUT2D eigenvalue weighted by atomic mass is 35.5. The molecule has 0 saturated heterocycles. The van der Waals surface area contributed by atoms with Crippen LogP contribution in [0.25, 0.3) is 0 Å². The van der Waals surface area contributed by atoms with Crippen LogP contribution in [-0.4, -0.2) is 4.57 Å². The second-order valence-electron chi connectivity index (χ2n) is 4.56. The van der Waals surface area contributed by atoms with Crippen LogP contribution in [0.2, 0.25) is 5.15 Å². The summed E-state index contributed by atoms with van der Waals surface area (Å²) in [4.78, 5) is 0. The van der Waals surface area contributed by atoms with Crippen molar-refractivity contribution in [3.8, 4) is 0 Å². The molecule has 0 aromatic carbocycles. The van der Waals surface area contributed by atoms with Crippen LogP contribution in [0.3, 0.4) is 0 Å². The Morgan fingerprint density at radius 1 is 1.57 bits per heavy atom. The van der Waals surface area contributed by atoms with Crippen molar-refractivity contribution in [3.63, 3.8) is 0 Å². The predicted octanol–water partition coefficient (Wildman–Crippen LogP) is 2.91. The van der Waals surface area contributed by atoms with Gasteiger partial charge in [-0.2, -0.15) is 0 Å². The summed E-state index contributed by atoms with van der Waals surface area (Å²) in [6, 6.07) is 0.582. The number of hydrogen-bond acceptors (Lipinski definition) is 1. The first-order chi connectivity index (χ1) is 6.52. The lowest BCUT2D eigenvalue weighted by atomic mass is 10.1. The van der Waals surface area contributed by atoms with Crippen molar-refractivity contribution in [3.05, 3.63) is 22.5 Å². The van der Waals surface area contributed by atoms with E-state index >= 15 is 0 Å². The van der Waals surface area contributed by atoms with Gasteiger partial charge in [0.15, 0.2) is 0 Å². The molecule has 2 nitrogen and oxygen atoms in total. The Labute approximate surface area is 90.0 Å². The average molecular weight is 213 g/mol. The highest BCUT2D eigenvalue weighted by molar-refractivity contribution is 6.30. The maximum Gasteiger partial charge on any atom is 0.112 e. The van der Waals surface area contributed by atoms with Crippen LogP contribution < -0.4 is 5.73 Å². The number of rotatable bonds is 1. The van der Waals surface area contributed by atoms with Crippen LogP contribution in [0.15, 0.2) is 6.20 Å². The molecule has 0 fully saturated rings. The van der Waals surface area contributed by atoms with Crippen LogP contribution in [0.1, 0.15) is 44.0 Å². The molecule has 3 heteroatoms. The number of halogens is 1. The second-order valence-corrected chi connectivity index (χ2v) is 4.92. The molecule has 0 radical (unpaired) electrons. The summed E-state index contributed by atoms with van der Waals surface area (Å²) >= 11 is 6.30. The zero-order chi connectivity index (χ0) is 10.5. The molecule has 2 N–H and O–H groups in total. The molecule has 0 bridgehead atoms. The fraction of sp³-hybridized carbons (Fsp3) is 0.636. The van der Waals surface area contributed by atoms with Crippen LogP contribution in [0, 0.1) is 5.92 Å². The van der Waals surface area contributed by atoms with Gasteiger partial charge in [0, 0.05) is 18.3 Å². The molecule has 0 amide bonds. The van der Waals surface area contributed by atoms with E-state index in [-0.39, 0.29) is 6.04 Å². The SMILES string of the molecule is CC1Cc2c(cn(C(C)C)c2Cl)C1N. The molecule has 0 spiro atoms. The Hall–Kier alpha value is -0.470. The fourth-order valence-corrected chi connectivity index (χ4v) is 2.61. The van der Waals surface area contributed by atoms with Crippen molar-refractivity contribution in [2.45, 2.75) is 39.3 Å². The lowest BCUT2D eigenvalue weighted by Crippen LogP contribution is -2.14. The zero-order valence-corrected chi connectivity index (χ0v) is 9.67. The number of nitrogens with zero attached hydrogens (tertiary/aromatic N) is 1. The van der Waals surface area contributed by atoms with Crippen molar-refractivity contribution in [1.82, 2.24) is 4.57 Å². The first kappa shape index (κ1) is 10.1. The number of fused-ring (bicyclic) bond motifs is 1. The third-order valence-electron chi connectivity index (χ3n) is 3.16. The molecule has 2 atom stereocenters. The minimum absolute atomic E-state index is 0.169. The Morgan fingerprint density at radius 2 is 2.21 bits per heavy atom. The van der Waals surface area contributed by atoms with Gasteiger partial charge in [0.25, 0.3) is 0 Å². The van der Waals surface area contributed by atoms with Crippen LogP contribution in [-0.2, 0) is 6.42 Å². The second kappa shape index (κ2) is 3.28. The third kappa shape index (κ3) is 1.29. The molecule has 1 aliphatic rings. The lowest BCUT2D eigenvalue weighted by molar-refractivity contribution is 0.502. The summed E-state index contributed by atoms with van der Waals surface area (Å²) in [5.74, 6) is 0.527. The zero-order valence-electron chi connectivity index (χ0n) is 8.92. The Bertz CT molecular complexity index is 354. The van der Waals surface area contributed by atoms with E-state index in [1.807, 2.05) is 0 Å². The average Bonchev–Trinajstić information content (AvgIpc) is 2.56. The first-order valence-corrected chi connectivity index (χ1v) is 5.54. The summed E-state index contributed by atoms with van der Waals surface area (Å²) in [7, 11) is 0. The van der Waals surface area contributed by atoms with Gasteiger partial charge in [-0.25, -0.2) is 0 Å². The Balaban J connectivity index is 2.47. The van der Waals surface area contributed by atoms with Gasteiger partial charge in [-0.1, -0.05) is 18.5 Å². The van der Waals surface area contributed by atoms with Gasteiger partial charge in [-0.3, -0.25) is 0 Å². The minimum Gasteiger partial charge on any atom is -0.336 e. The molecule has 14 heavy (non-hydrogen) atoms. The van der Waals surface area contributed by atoms with Crippen molar-refractivity contribution in [1.29, 1.82) is 0 Å². The maximum absolute atomic E-state index is 6.30. The summed E-state index contributed by atoms with van der Waals surface area (Å²) < 4.78 is 2.11. The van der Waals surface area contributed by atoms with E-state index in [0.717, 1.165) is 11.6 Å². The highest BCUT2D eigenvalue weighted by Gasteiger charge is 2.31. The molecule has 0 saturated carbocycles. The van der Waals surface area contributed by atoms with E-state index in [1.54, 1.807) is 0 Å². The maximum atomic E-state index is 6.30. The molecule has 0 aliphatic heterocycles. The molecule has 1 aromatic rings. The van der Waals surface area contributed by atoms with Crippen molar-refractivity contribution in [2.75, 3.05) is 0 Å². The van der Waals surface area contributed by atoms with E-state index in [2.05, 4.69) is 31.5 Å². The van der Waals surface area contributed by atoms with E-state index < -0.39 is 0 Å². The highest BCUT2D eigenvalue weighted by Crippen LogP contribution is 2.40. The summed E-state index contributed by atoms with van der Waals surface area (Å²) in [5.41, 5.74) is 8.61. The molecule has 1 aliphatic carbocycles. The molecule has 78 valence electrons. The standard InChI is InChI=1S/C11H17ClN2/c1-6(2)14-5-9-8(11(14)12)4-7(3)10(9)13/h5-7,10H,4,13H2,1-3H3. The molecule has 2 rings (SSSR count). The molecule has 2 unspecified atom stereocenters. The smallest absolute Gasteiger partial charge is 0.112 e. The summed E-state index contributed by atoms with van der Waals surface area (Å²) in [6.45, 7) is 6.45. The molecule has 1 heterocycles. The summed E-state index contributed by atoms with van der Waals surface area (Å²) in [5, 5.41) is 0.884. The monoisotopic (exact) mass is 212 g/mol. The molecular formula is C11H17ClN2. The number of hydrogen-bond donors (Lipinski definition) is 1. The van der Waals surface area contributed by atoms with Gasteiger partial charge in [-0.05, 0) is 37.3 Å². The largest absolute Gasteiger partial charge is 0.336 e. The Morgan fingerprint density at radius 3 is 2.71 bits per heavy atom. The Kier molecular flexibility index (Phi) is 2.36.